The highest BCUT2D eigenvalue weighted by Gasteiger charge is 2.34. The first-order valence-electron chi connectivity index (χ1n) is 8.79. The molecule has 2 amide bonds. The maximum absolute atomic E-state index is 12.4. The molecular formula is C19H24ClNO4S. The molecule has 142 valence electrons. The van der Waals surface area contributed by atoms with Gasteiger partial charge in [-0.1, -0.05) is 25.4 Å². The van der Waals surface area contributed by atoms with E-state index in [0.717, 1.165) is 24.6 Å². The van der Waals surface area contributed by atoms with E-state index in [2.05, 4.69) is 0 Å². The molecule has 1 fully saturated rings. The zero-order valence-corrected chi connectivity index (χ0v) is 17.1. The number of hydrogen-bond donors (Lipinski definition) is 0. The highest BCUT2D eigenvalue weighted by molar-refractivity contribution is 8.18. The molecular weight excluding hydrogens is 374 g/mol. The first-order chi connectivity index (χ1) is 12.4. The molecule has 0 saturated carbocycles. The Kier molecular flexibility index (Phi) is 7.41. The molecule has 0 aliphatic carbocycles. The first kappa shape index (κ1) is 20.6. The van der Waals surface area contributed by atoms with Crippen LogP contribution >= 0.6 is 23.4 Å². The highest BCUT2D eigenvalue weighted by atomic mass is 35.5. The van der Waals surface area contributed by atoms with Crippen LogP contribution in [0.15, 0.2) is 17.0 Å². The third kappa shape index (κ3) is 4.74. The van der Waals surface area contributed by atoms with Crippen LogP contribution in [0.4, 0.5) is 4.79 Å². The normalized spacial score (nSPS) is 17.1. The van der Waals surface area contributed by atoms with E-state index in [1.165, 1.54) is 4.90 Å². The van der Waals surface area contributed by atoms with Gasteiger partial charge in [0.2, 0.25) is 0 Å². The Morgan fingerprint density at radius 2 is 2.00 bits per heavy atom. The van der Waals surface area contributed by atoms with Gasteiger partial charge >= 0.3 is 0 Å². The van der Waals surface area contributed by atoms with E-state index in [0.29, 0.717) is 40.1 Å². The van der Waals surface area contributed by atoms with Gasteiger partial charge < -0.3 is 9.47 Å². The minimum atomic E-state index is -0.268. The zero-order chi connectivity index (χ0) is 19.3. The predicted molar refractivity (Wildman–Crippen MR) is 106 cm³/mol. The van der Waals surface area contributed by atoms with Crippen molar-refractivity contribution >= 4 is 40.6 Å². The highest BCUT2D eigenvalue weighted by Crippen LogP contribution is 2.39. The van der Waals surface area contributed by atoms with Crippen molar-refractivity contribution in [3.8, 4) is 11.5 Å². The summed E-state index contributed by atoms with van der Waals surface area (Å²) in [6.07, 6.45) is 3.24. The molecule has 0 spiro atoms. The van der Waals surface area contributed by atoms with Crippen molar-refractivity contribution in [2.45, 2.75) is 46.6 Å². The number of carbonyl (C=O) groups excluding carboxylic acids is 2. The topological polar surface area (TPSA) is 55.8 Å². The van der Waals surface area contributed by atoms with Crippen molar-refractivity contribution in [2.24, 2.45) is 0 Å². The number of thioether (sulfide) groups is 1. The molecule has 2 rings (SSSR count). The van der Waals surface area contributed by atoms with Gasteiger partial charge in [0.15, 0.2) is 11.5 Å². The van der Waals surface area contributed by atoms with Crippen LogP contribution in [0.3, 0.4) is 0 Å². The first-order valence-corrected chi connectivity index (χ1v) is 9.98. The Labute approximate surface area is 163 Å². The van der Waals surface area contributed by atoms with Crippen LogP contribution in [-0.4, -0.2) is 35.3 Å². The van der Waals surface area contributed by atoms with Crippen LogP contribution in [0.1, 0.15) is 46.1 Å². The van der Waals surface area contributed by atoms with E-state index in [1.54, 1.807) is 18.2 Å². The van der Waals surface area contributed by atoms with Crippen LogP contribution in [0, 0.1) is 0 Å². The minimum absolute atomic E-state index is 0.00287. The van der Waals surface area contributed by atoms with E-state index in [9.17, 15) is 9.59 Å². The van der Waals surface area contributed by atoms with E-state index in [4.69, 9.17) is 21.1 Å². The second kappa shape index (κ2) is 9.33. The van der Waals surface area contributed by atoms with Gasteiger partial charge in [-0.05, 0) is 62.2 Å². The van der Waals surface area contributed by atoms with Gasteiger partial charge in [0, 0.05) is 6.54 Å². The number of imide groups is 1. The molecule has 1 aromatic carbocycles. The van der Waals surface area contributed by atoms with Crippen molar-refractivity contribution in [3.05, 3.63) is 27.6 Å². The minimum Gasteiger partial charge on any atom is -0.490 e. The molecule has 0 unspecified atom stereocenters. The maximum Gasteiger partial charge on any atom is 0.293 e. The van der Waals surface area contributed by atoms with E-state index >= 15 is 0 Å². The van der Waals surface area contributed by atoms with Crippen molar-refractivity contribution in [1.29, 1.82) is 0 Å². The number of benzene rings is 1. The summed E-state index contributed by atoms with van der Waals surface area (Å²) in [5.74, 6) is 0.759. The SMILES string of the molecule is CCCN1C(=O)S/C(=C/c2cc(Cl)c(O[C@H](C)CC)c(OCC)c2)C1=O. The molecule has 5 nitrogen and oxygen atoms in total. The van der Waals surface area contributed by atoms with Crippen LogP contribution < -0.4 is 9.47 Å². The summed E-state index contributed by atoms with van der Waals surface area (Å²) in [5.41, 5.74) is 0.692. The van der Waals surface area contributed by atoms with Gasteiger partial charge in [-0.3, -0.25) is 14.5 Å². The lowest BCUT2D eigenvalue weighted by Gasteiger charge is -2.18. The standard InChI is InChI=1S/C19H24ClNO4S/c1-5-8-21-18(22)16(26-19(21)23)11-13-9-14(20)17(25-12(4)6-2)15(10-13)24-7-3/h9-12H,5-8H2,1-4H3/b16-11+/t12-/m1/s1. The molecule has 1 aromatic rings. The Morgan fingerprint density at radius 1 is 1.27 bits per heavy atom. The Bertz CT molecular complexity index is 720. The number of rotatable bonds is 8. The molecule has 1 saturated heterocycles. The Morgan fingerprint density at radius 3 is 2.62 bits per heavy atom. The molecule has 1 aliphatic rings. The van der Waals surface area contributed by atoms with Gasteiger partial charge in [0.25, 0.3) is 11.1 Å². The summed E-state index contributed by atoms with van der Waals surface area (Å²) in [6.45, 7) is 8.68. The molecule has 0 radical (unpaired) electrons. The lowest BCUT2D eigenvalue weighted by Crippen LogP contribution is -2.28. The van der Waals surface area contributed by atoms with Gasteiger partial charge in [-0.2, -0.15) is 0 Å². The van der Waals surface area contributed by atoms with Crippen LogP contribution in [0.5, 0.6) is 11.5 Å². The van der Waals surface area contributed by atoms with E-state index < -0.39 is 0 Å². The quantitative estimate of drug-likeness (QED) is 0.552. The Balaban J connectivity index is 2.36. The number of halogens is 1. The fourth-order valence-electron chi connectivity index (χ4n) is 2.40. The number of carbonyl (C=O) groups is 2. The average molecular weight is 398 g/mol. The monoisotopic (exact) mass is 397 g/mol. The van der Waals surface area contributed by atoms with Gasteiger partial charge in [-0.15, -0.1) is 0 Å². The van der Waals surface area contributed by atoms with Crippen molar-refractivity contribution in [2.75, 3.05) is 13.2 Å². The molecule has 0 bridgehead atoms. The van der Waals surface area contributed by atoms with Crippen LogP contribution in [-0.2, 0) is 4.79 Å². The molecule has 26 heavy (non-hydrogen) atoms. The van der Waals surface area contributed by atoms with E-state index in [-0.39, 0.29) is 17.3 Å². The Hall–Kier alpha value is -1.66. The third-order valence-electron chi connectivity index (χ3n) is 3.84. The summed E-state index contributed by atoms with van der Waals surface area (Å²) in [6, 6.07) is 3.50. The molecule has 0 aromatic heterocycles. The molecule has 0 N–H and O–H groups in total. The van der Waals surface area contributed by atoms with Gasteiger partial charge in [-0.25, -0.2) is 0 Å². The second-order valence-corrected chi connectivity index (χ2v) is 7.33. The third-order valence-corrected chi connectivity index (χ3v) is 5.03. The maximum atomic E-state index is 12.4. The summed E-state index contributed by atoms with van der Waals surface area (Å²) in [5, 5.41) is 0.172. The lowest BCUT2D eigenvalue weighted by molar-refractivity contribution is -0.122. The number of amides is 2. The summed E-state index contributed by atoms with van der Waals surface area (Å²) in [4.78, 5) is 26.0. The summed E-state index contributed by atoms with van der Waals surface area (Å²) >= 11 is 7.34. The molecule has 1 aliphatic heterocycles. The van der Waals surface area contributed by atoms with Crippen molar-refractivity contribution in [1.82, 2.24) is 4.90 Å². The van der Waals surface area contributed by atoms with Crippen LogP contribution in [0.25, 0.3) is 6.08 Å². The van der Waals surface area contributed by atoms with E-state index in [1.807, 2.05) is 27.7 Å². The summed E-state index contributed by atoms with van der Waals surface area (Å²) < 4.78 is 11.5. The average Bonchev–Trinajstić information content (AvgIpc) is 2.86. The number of nitrogens with zero attached hydrogens (tertiary/aromatic N) is 1. The van der Waals surface area contributed by atoms with Gasteiger partial charge in [0.05, 0.1) is 22.6 Å². The molecule has 1 atom stereocenters. The fraction of sp³-hybridized carbons (Fsp3) is 0.474. The largest absolute Gasteiger partial charge is 0.490 e. The van der Waals surface area contributed by atoms with Crippen molar-refractivity contribution < 1.29 is 19.1 Å². The fourth-order valence-corrected chi connectivity index (χ4v) is 3.53. The van der Waals surface area contributed by atoms with Crippen molar-refractivity contribution in [3.63, 3.8) is 0 Å². The predicted octanol–water partition coefficient (Wildman–Crippen LogP) is 5.36. The number of hydrogen-bond acceptors (Lipinski definition) is 5. The van der Waals surface area contributed by atoms with Gasteiger partial charge in [0.1, 0.15) is 0 Å². The lowest BCUT2D eigenvalue weighted by atomic mass is 10.1. The second-order valence-electron chi connectivity index (χ2n) is 5.93. The smallest absolute Gasteiger partial charge is 0.293 e. The molecule has 7 heteroatoms. The zero-order valence-electron chi connectivity index (χ0n) is 15.5. The number of ether oxygens (including phenoxy) is 2. The summed E-state index contributed by atoms with van der Waals surface area (Å²) in [7, 11) is 0. The molecule has 1 heterocycles. The van der Waals surface area contributed by atoms with Crippen LogP contribution in [0.2, 0.25) is 5.02 Å².